The topological polar surface area (TPSA) is 40.7 Å². The summed E-state index contributed by atoms with van der Waals surface area (Å²) >= 11 is 3.33. The van der Waals surface area contributed by atoms with Gasteiger partial charge < -0.3 is 5.32 Å². The quantitative estimate of drug-likeness (QED) is 0.910. The van der Waals surface area contributed by atoms with E-state index in [1.165, 1.54) is 6.07 Å². The van der Waals surface area contributed by atoms with Crippen molar-refractivity contribution in [2.75, 3.05) is 0 Å². The van der Waals surface area contributed by atoms with Gasteiger partial charge in [-0.2, -0.15) is 5.10 Å². The number of H-pyrrole nitrogens is 1. The Hall–Kier alpha value is -1.20. The van der Waals surface area contributed by atoms with Gasteiger partial charge in [0.25, 0.3) is 0 Å². The standard InChI is InChI=1S/C12H13BrFN3/c1-8(12-4-5-16-17-12)15-7-9-6-10(13)2-3-11(9)14/h2-6,8,15H,7H2,1H3,(H,16,17). The number of nitrogens with zero attached hydrogens (tertiary/aromatic N) is 1. The molecule has 0 saturated carbocycles. The molecule has 0 aliphatic carbocycles. The first-order valence-corrected chi connectivity index (χ1v) is 6.12. The summed E-state index contributed by atoms with van der Waals surface area (Å²) in [5.74, 6) is -0.197. The van der Waals surface area contributed by atoms with Crippen LogP contribution in [0.3, 0.4) is 0 Å². The lowest BCUT2D eigenvalue weighted by atomic mass is 10.2. The molecule has 5 heteroatoms. The van der Waals surface area contributed by atoms with E-state index in [0.29, 0.717) is 12.1 Å². The Labute approximate surface area is 108 Å². The number of aromatic nitrogens is 2. The molecule has 1 unspecified atom stereocenters. The van der Waals surface area contributed by atoms with Crippen molar-refractivity contribution in [1.29, 1.82) is 0 Å². The lowest BCUT2D eigenvalue weighted by Crippen LogP contribution is -2.19. The molecule has 1 aromatic heterocycles. The average Bonchev–Trinajstić information content (AvgIpc) is 2.83. The Balaban J connectivity index is 2.00. The lowest BCUT2D eigenvalue weighted by molar-refractivity contribution is 0.535. The number of hydrogen-bond donors (Lipinski definition) is 2. The van der Waals surface area contributed by atoms with Crippen LogP contribution in [0.1, 0.15) is 24.2 Å². The lowest BCUT2D eigenvalue weighted by Gasteiger charge is -2.12. The molecule has 0 aliphatic rings. The molecule has 0 amide bonds. The number of halogens is 2. The van der Waals surface area contributed by atoms with Crippen molar-refractivity contribution in [2.24, 2.45) is 0 Å². The van der Waals surface area contributed by atoms with Gasteiger partial charge in [0.2, 0.25) is 0 Å². The Kier molecular flexibility index (Phi) is 3.91. The van der Waals surface area contributed by atoms with Crippen LogP contribution in [0, 0.1) is 5.82 Å². The summed E-state index contributed by atoms with van der Waals surface area (Å²) in [5.41, 5.74) is 1.63. The highest BCUT2D eigenvalue weighted by atomic mass is 79.9. The number of rotatable bonds is 4. The molecule has 3 nitrogen and oxygen atoms in total. The molecule has 1 heterocycles. The van der Waals surface area contributed by atoms with Crippen LogP contribution in [-0.2, 0) is 6.54 Å². The first-order chi connectivity index (χ1) is 8.16. The third kappa shape index (κ3) is 3.14. The van der Waals surface area contributed by atoms with Crippen LogP contribution >= 0.6 is 15.9 Å². The van der Waals surface area contributed by atoms with Crippen LogP contribution in [0.15, 0.2) is 34.9 Å². The third-order valence-corrected chi connectivity index (χ3v) is 3.09. The van der Waals surface area contributed by atoms with Gasteiger partial charge >= 0.3 is 0 Å². The second-order valence-electron chi connectivity index (χ2n) is 3.85. The zero-order chi connectivity index (χ0) is 12.3. The van der Waals surface area contributed by atoms with Crippen LogP contribution in [0.4, 0.5) is 4.39 Å². The van der Waals surface area contributed by atoms with Crippen molar-refractivity contribution >= 4 is 15.9 Å². The molecule has 17 heavy (non-hydrogen) atoms. The van der Waals surface area contributed by atoms with Gasteiger partial charge in [0.1, 0.15) is 5.82 Å². The van der Waals surface area contributed by atoms with Gasteiger partial charge in [-0.15, -0.1) is 0 Å². The van der Waals surface area contributed by atoms with Crippen LogP contribution in [0.2, 0.25) is 0 Å². The molecule has 0 saturated heterocycles. The van der Waals surface area contributed by atoms with E-state index in [1.807, 2.05) is 13.0 Å². The molecule has 1 aromatic carbocycles. The molecule has 0 spiro atoms. The molecule has 0 radical (unpaired) electrons. The zero-order valence-corrected chi connectivity index (χ0v) is 11.0. The minimum atomic E-state index is -0.197. The van der Waals surface area contributed by atoms with E-state index in [2.05, 4.69) is 31.4 Å². The van der Waals surface area contributed by atoms with E-state index < -0.39 is 0 Å². The predicted molar refractivity (Wildman–Crippen MR) is 67.9 cm³/mol. The molecule has 2 aromatic rings. The number of aromatic amines is 1. The van der Waals surface area contributed by atoms with Gasteiger partial charge in [0, 0.05) is 28.8 Å². The zero-order valence-electron chi connectivity index (χ0n) is 9.37. The molecule has 0 aliphatic heterocycles. The Morgan fingerprint density at radius 1 is 1.47 bits per heavy atom. The van der Waals surface area contributed by atoms with Crippen molar-refractivity contribution in [1.82, 2.24) is 15.5 Å². The maximum atomic E-state index is 13.5. The first-order valence-electron chi connectivity index (χ1n) is 5.33. The highest BCUT2D eigenvalue weighted by molar-refractivity contribution is 9.10. The minimum absolute atomic E-state index is 0.107. The molecule has 0 bridgehead atoms. The maximum Gasteiger partial charge on any atom is 0.127 e. The van der Waals surface area contributed by atoms with E-state index in [4.69, 9.17) is 0 Å². The van der Waals surface area contributed by atoms with Crippen molar-refractivity contribution < 1.29 is 4.39 Å². The smallest absolute Gasteiger partial charge is 0.127 e. The van der Waals surface area contributed by atoms with E-state index in [0.717, 1.165) is 10.2 Å². The maximum absolute atomic E-state index is 13.5. The first kappa shape index (κ1) is 12.3. The Bertz CT molecular complexity index is 485. The summed E-state index contributed by atoms with van der Waals surface area (Å²) in [6.45, 7) is 2.48. The highest BCUT2D eigenvalue weighted by Gasteiger charge is 2.08. The van der Waals surface area contributed by atoms with Crippen molar-refractivity contribution in [3.63, 3.8) is 0 Å². The van der Waals surface area contributed by atoms with E-state index in [-0.39, 0.29) is 11.9 Å². The van der Waals surface area contributed by atoms with Crippen LogP contribution in [0.25, 0.3) is 0 Å². The van der Waals surface area contributed by atoms with Crippen molar-refractivity contribution in [2.45, 2.75) is 19.5 Å². The third-order valence-electron chi connectivity index (χ3n) is 2.60. The summed E-state index contributed by atoms with van der Waals surface area (Å²) < 4.78 is 14.4. The van der Waals surface area contributed by atoms with Crippen LogP contribution < -0.4 is 5.32 Å². The molecular formula is C12H13BrFN3. The summed E-state index contributed by atoms with van der Waals surface area (Å²) in [6, 6.07) is 6.94. The second kappa shape index (κ2) is 5.42. The molecule has 2 rings (SSSR count). The van der Waals surface area contributed by atoms with Gasteiger partial charge in [0.05, 0.1) is 5.69 Å². The predicted octanol–water partition coefficient (Wildman–Crippen LogP) is 3.16. The van der Waals surface area contributed by atoms with Crippen molar-refractivity contribution in [3.05, 3.63) is 52.0 Å². The molecule has 0 fully saturated rings. The normalized spacial score (nSPS) is 12.6. The summed E-state index contributed by atoms with van der Waals surface area (Å²) in [5, 5.41) is 10.0. The van der Waals surface area contributed by atoms with E-state index in [1.54, 1.807) is 18.3 Å². The SMILES string of the molecule is CC(NCc1cc(Br)ccc1F)c1ccn[nH]1. The van der Waals surface area contributed by atoms with Gasteiger partial charge in [-0.1, -0.05) is 15.9 Å². The molecule has 90 valence electrons. The number of benzene rings is 1. The summed E-state index contributed by atoms with van der Waals surface area (Å²) in [4.78, 5) is 0. The monoisotopic (exact) mass is 297 g/mol. The Morgan fingerprint density at radius 3 is 3.00 bits per heavy atom. The van der Waals surface area contributed by atoms with E-state index >= 15 is 0 Å². The van der Waals surface area contributed by atoms with Crippen LogP contribution in [0.5, 0.6) is 0 Å². The van der Waals surface area contributed by atoms with Gasteiger partial charge in [-0.3, -0.25) is 5.10 Å². The number of nitrogens with one attached hydrogen (secondary N) is 2. The minimum Gasteiger partial charge on any atom is -0.305 e. The van der Waals surface area contributed by atoms with Crippen LogP contribution in [-0.4, -0.2) is 10.2 Å². The largest absolute Gasteiger partial charge is 0.305 e. The summed E-state index contributed by atoms with van der Waals surface area (Å²) in [6.07, 6.45) is 1.70. The average molecular weight is 298 g/mol. The van der Waals surface area contributed by atoms with Crippen molar-refractivity contribution in [3.8, 4) is 0 Å². The molecular weight excluding hydrogens is 285 g/mol. The Morgan fingerprint density at radius 2 is 2.29 bits per heavy atom. The molecule has 1 atom stereocenters. The highest BCUT2D eigenvalue weighted by Crippen LogP contribution is 2.16. The fourth-order valence-corrected chi connectivity index (χ4v) is 1.97. The van der Waals surface area contributed by atoms with Gasteiger partial charge in [0.15, 0.2) is 0 Å². The van der Waals surface area contributed by atoms with E-state index in [9.17, 15) is 4.39 Å². The summed E-state index contributed by atoms with van der Waals surface area (Å²) in [7, 11) is 0. The fourth-order valence-electron chi connectivity index (χ4n) is 1.56. The fraction of sp³-hybridized carbons (Fsp3) is 0.250. The molecule has 2 N–H and O–H groups in total. The second-order valence-corrected chi connectivity index (χ2v) is 4.77. The van der Waals surface area contributed by atoms with Gasteiger partial charge in [-0.05, 0) is 31.2 Å². The van der Waals surface area contributed by atoms with Gasteiger partial charge in [-0.25, -0.2) is 4.39 Å². The number of hydrogen-bond acceptors (Lipinski definition) is 2.